The van der Waals surface area contributed by atoms with Crippen LogP contribution in [0.5, 0.6) is 11.5 Å². The second-order valence-electron chi connectivity index (χ2n) is 5.64. The van der Waals surface area contributed by atoms with Crippen LogP contribution in [0.3, 0.4) is 0 Å². The molecule has 1 atom stereocenters. The van der Waals surface area contributed by atoms with Crippen molar-refractivity contribution in [2.24, 2.45) is 0 Å². The van der Waals surface area contributed by atoms with Crippen LogP contribution in [0.25, 0.3) is 0 Å². The van der Waals surface area contributed by atoms with Gasteiger partial charge in [-0.2, -0.15) is 0 Å². The number of benzene rings is 2. The molecule has 0 saturated carbocycles. The maximum atomic E-state index is 12.2. The van der Waals surface area contributed by atoms with Gasteiger partial charge in [0.2, 0.25) is 0 Å². The van der Waals surface area contributed by atoms with Gasteiger partial charge in [0.15, 0.2) is 6.10 Å². The average molecular weight is 327 g/mol. The van der Waals surface area contributed by atoms with Crippen molar-refractivity contribution in [3.8, 4) is 11.5 Å². The van der Waals surface area contributed by atoms with Crippen molar-refractivity contribution in [2.75, 3.05) is 11.9 Å². The number of amides is 1. The number of para-hydroxylation sites is 1. The lowest BCUT2D eigenvalue weighted by Gasteiger charge is -2.15. The summed E-state index contributed by atoms with van der Waals surface area (Å²) >= 11 is 0. The summed E-state index contributed by atoms with van der Waals surface area (Å²) in [5.41, 5.74) is 0.726. The van der Waals surface area contributed by atoms with Gasteiger partial charge in [0.1, 0.15) is 11.5 Å². The van der Waals surface area contributed by atoms with Gasteiger partial charge in [-0.3, -0.25) is 4.79 Å². The third-order valence-corrected chi connectivity index (χ3v) is 3.56. The second kappa shape index (κ2) is 9.60. The Hall–Kier alpha value is -2.49. The predicted molar refractivity (Wildman–Crippen MR) is 96.6 cm³/mol. The third kappa shape index (κ3) is 5.95. The standard InChI is InChI=1S/C20H25NO3/c1-3-4-8-15-23-18-13-11-17(12-14-18)21-20(22)16(2)24-19-9-6-5-7-10-19/h5-7,9-14,16H,3-4,8,15H2,1-2H3,(H,21,22). The Bertz CT molecular complexity index is 611. The van der Waals surface area contributed by atoms with E-state index in [2.05, 4.69) is 12.2 Å². The summed E-state index contributed by atoms with van der Waals surface area (Å²) in [6.07, 6.45) is 2.84. The zero-order valence-corrected chi connectivity index (χ0v) is 14.3. The Morgan fingerprint density at radius 2 is 1.71 bits per heavy atom. The molecule has 0 heterocycles. The van der Waals surface area contributed by atoms with Gasteiger partial charge in [-0.1, -0.05) is 38.0 Å². The van der Waals surface area contributed by atoms with Crippen LogP contribution in [0.15, 0.2) is 54.6 Å². The number of rotatable bonds is 9. The van der Waals surface area contributed by atoms with Crippen LogP contribution >= 0.6 is 0 Å². The molecule has 0 aliphatic carbocycles. The van der Waals surface area contributed by atoms with Gasteiger partial charge in [-0.15, -0.1) is 0 Å². The summed E-state index contributed by atoms with van der Waals surface area (Å²) in [6.45, 7) is 4.62. The van der Waals surface area contributed by atoms with Crippen molar-refractivity contribution in [3.05, 3.63) is 54.6 Å². The molecule has 0 bridgehead atoms. The molecule has 2 aromatic rings. The first-order chi connectivity index (χ1) is 11.7. The average Bonchev–Trinajstić information content (AvgIpc) is 2.61. The molecule has 4 heteroatoms. The van der Waals surface area contributed by atoms with Gasteiger partial charge in [0, 0.05) is 5.69 Å². The van der Waals surface area contributed by atoms with Crippen molar-refractivity contribution >= 4 is 11.6 Å². The Morgan fingerprint density at radius 3 is 2.38 bits per heavy atom. The number of carbonyl (C=O) groups is 1. The molecular formula is C20H25NO3. The summed E-state index contributed by atoms with van der Waals surface area (Å²) in [5, 5.41) is 2.85. The Balaban J connectivity index is 1.80. The van der Waals surface area contributed by atoms with Crippen LogP contribution in [-0.4, -0.2) is 18.6 Å². The molecule has 1 unspecified atom stereocenters. The first kappa shape index (κ1) is 17.9. The number of hydrogen-bond acceptors (Lipinski definition) is 3. The van der Waals surface area contributed by atoms with Crippen LogP contribution in [0.4, 0.5) is 5.69 Å². The van der Waals surface area contributed by atoms with Crippen LogP contribution in [0.1, 0.15) is 33.1 Å². The van der Waals surface area contributed by atoms with Gasteiger partial charge in [-0.25, -0.2) is 0 Å². The molecule has 1 amide bonds. The van der Waals surface area contributed by atoms with E-state index in [1.54, 1.807) is 6.92 Å². The number of unbranched alkanes of at least 4 members (excludes halogenated alkanes) is 2. The van der Waals surface area contributed by atoms with Gasteiger partial charge in [0.05, 0.1) is 6.61 Å². The number of hydrogen-bond donors (Lipinski definition) is 1. The molecule has 0 saturated heterocycles. The highest BCUT2D eigenvalue weighted by atomic mass is 16.5. The minimum Gasteiger partial charge on any atom is -0.494 e. The molecule has 24 heavy (non-hydrogen) atoms. The zero-order valence-electron chi connectivity index (χ0n) is 14.3. The van der Waals surface area contributed by atoms with Gasteiger partial charge in [-0.05, 0) is 49.7 Å². The van der Waals surface area contributed by atoms with Crippen molar-refractivity contribution in [2.45, 2.75) is 39.2 Å². The fourth-order valence-corrected chi connectivity index (χ4v) is 2.18. The molecule has 0 aliphatic heterocycles. The Morgan fingerprint density at radius 1 is 1.00 bits per heavy atom. The molecule has 4 nitrogen and oxygen atoms in total. The largest absolute Gasteiger partial charge is 0.494 e. The fraction of sp³-hybridized carbons (Fsp3) is 0.350. The van der Waals surface area contributed by atoms with E-state index in [9.17, 15) is 4.79 Å². The molecule has 0 radical (unpaired) electrons. The fourth-order valence-electron chi connectivity index (χ4n) is 2.18. The predicted octanol–water partition coefficient (Wildman–Crippen LogP) is 4.66. The van der Waals surface area contributed by atoms with Crippen molar-refractivity contribution in [3.63, 3.8) is 0 Å². The molecule has 0 aliphatic rings. The lowest BCUT2D eigenvalue weighted by Crippen LogP contribution is -2.30. The highest BCUT2D eigenvalue weighted by Gasteiger charge is 2.14. The summed E-state index contributed by atoms with van der Waals surface area (Å²) in [4.78, 5) is 12.2. The van der Waals surface area contributed by atoms with Crippen LogP contribution in [0, 0.1) is 0 Å². The summed E-state index contributed by atoms with van der Waals surface area (Å²) < 4.78 is 11.3. The van der Waals surface area contributed by atoms with E-state index in [1.807, 2.05) is 54.6 Å². The quantitative estimate of drug-likeness (QED) is 0.681. The van der Waals surface area contributed by atoms with Gasteiger partial charge < -0.3 is 14.8 Å². The highest BCUT2D eigenvalue weighted by Crippen LogP contribution is 2.17. The first-order valence-corrected chi connectivity index (χ1v) is 8.44. The molecular weight excluding hydrogens is 302 g/mol. The Labute approximate surface area is 143 Å². The third-order valence-electron chi connectivity index (χ3n) is 3.56. The van der Waals surface area contributed by atoms with E-state index in [-0.39, 0.29) is 5.91 Å². The van der Waals surface area contributed by atoms with Crippen LogP contribution in [-0.2, 0) is 4.79 Å². The normalized spacial score (nSPS) is 11.6. The molecule has 2 rings (SSSR count). The van der Waals surface area contributed by atoms with Crippen molar-refractivity contribution in [1.29, 1.82) is 0 Å². The zero-order chi connectivity index (χ0) is 17.2. The minimum absolute atomic E-state index is 0.185. The van der Waals surface area contributed by atoms with Gasteiger partial charge in [0.25, 0.3) is 5.91 Å². The highest BCUT2D eigenvalue weighted by molar-refractivity contribution is 5.94. The van der Waals surface area contributed by atoms with E-state index >= 15 is 0 Å². The molecule has 0 aromatic heterocycles. The number of carbonyl (C=O) groups excluding carboxylic acids is 1. The molecule has 0 spiro atoms. The molecule has 0 fully saturated rings. The van der Waals surface area contributed by atoms with Gasteiger partial charge >= 0.3 is 0 Å². The van der Waals surface area contributed by atoms with Crippen molar-refractivity contribution < 1.29 is 14.3 Å². The SMILES string of the molecule is CCCCCOc1ccc(NC(=O)C(C)Oc2ccccc2)cc1. The topological polar surface area (TPSA) is 47.6 Å². The van der Waals surface area contributed by atoms with E-state index < -0.39 is 6.10 Å². The molecule has 128 valence electrons. The smallest absolute Gasteiger partial charge is 0.265 e. The maximum absolute atomic E-state index is 12.2. The van der Waals surface area contributed by atoms with Crippen molar-refractivity contribution in [1.82, 2.24) is 0 Å². The monoisotopic (exact) mass is 327 g/mol. The number of nitrogens with one attached hydrogen (secondary N) is 1. The molecule has 1 N–H and O–H groups in total. The minimum atomic E-state index is -0.572. The van der Waals surface area contributed by atoms with E-state index in [0.29, 0.717) is 5.75 Å². The van der Waals surface area contributed by atoms with E-state index in [4.69, 9.17) is 9.47 Å². The lowest BCUT2D eigenvalue weighted by molar-refractivity contribution is -0.122. The van der Waals surface area contributed by atoms with E-state index in [0.717, 1.165) is 24.5 Å². The van der Waals surface area contributed by atoms with E-state index in [1.165, 1.54) is 12.8 Å². The second-order valence-corrected chi connectivity index (χ2v) is 5.64. The number of anilines is 1. The maximum Gasteiger partial charge on any atom is 0.265 e. The summed E-state index contributed by atoms with van der Waals surface area (Å²) in [6, 6.07) is 16.7. The summed E-state index contributed by atoms with van der Waals surface area (Å²) in [5.74, 6) is 1.31. The first-order valence-electron chi connectivity index (χ1n) is 8.44. The van der Waals surface area contributed by atoms with Crippen LogP contribution in [0.2, 0.25) is 0 Å². The van der Waals surface area contributed by atoms with Crippen LogP contribution < -0.4 is 14.8 Å². The molecule has 2 aromatic carbocycles. The Kier molecular flexibility index (Phi) is 7.15. The lowest BCUT2D eigenvalue weighted by atomic mass is 10.2. The number of ether oxygens (including phenoxy) is 2. The summed E-state index contributed by atoms with van der Waals surface area (Å²) in [7, 11) is 0.